The predicted molar refractivity (Wildman–Crippen MR) is 104 cm³/mol. The lowest BCUT2D eigenvalue weighted by Crippen LogP contribution is -2.20. The summed E-state index contributed by atoms with van der Waals surface area (Å²) < 4.78 is 15.0. The van der Waals surface area contributed by atoms with Crippen LogP contribution in [0.1, 0.15) is 91.4 Å². The van der Waals surface area contributed by atoms with Crippen molar-refractivity contribution in [3.8, 4) is 0 Å². The van der Waals surface area contributed by atoms with Crippen LogP contribution in [0, 0.1) is 5.92 Å². The number of carbonyl (C=O) groups is 2. The second kappa shape index (κ2) is 18.7. The van der Waals surface area contributed by atoms with Gasteiger partial charge < -0.3 is 14.2 Å². The molecule has 154 valence electrons. The summed E-state index contributed by atoms with van der Waals surface area (Å²) in [5.41, 5.74) is 0. The molecule has 0 radical (unpaired) electrons. The van der Waals surface area contributed by atoms with Crippen LogP contribution in [-0.4, -0.2) is 38.4 Å². The highest BCUT2D eigenvalue weighted by Crippen LogP contribution is 2.11. The van der Waals surface area contributed by atoms with Gasteiger partial charge in [-0.05, 0) is 12.3 Å². The fourth-order valence-electron chi connectivity index (χ4n) is 2.51. The van der Waals surface area contributed by atoms with Gasteiger partial charge in [-0.3, -0.25) is 0 Å². The minimum Gasteiger partial charge on any atom is -0.464 e. The van der Waals surface area contributed by atoms with E-state index < -0.39 is 11.9 Å². The van der Waals surface area contributed by atoms with Gasteiger partial charge >= 0.3 is 11.9 Å². The number of rotatable bonds is 18. The first-order valence-corrected chi connectivity index (χ1v) is 10.4. The van der Waals surface area contributed by atoms with Gasteiger partial charge in [0.05, 0.1) is 13.2 Å². The molecule has 0 saturated heterocycles. The van der Waals surface area contributed by atoms with Crippen LogP contribution in [0.5, 0.6) is 0 Å². The molecule has 0 spiro atoms. The maximum Gasteiger partial charge on any atom is 0.332 e. The number of esters is 2. The molecule has 0 aliphatic carbocycles. The number of hydrogen-bond acceptors (Lipinski definition) is 5. The fourth-order valence-corrected chi connectivity index (χ4v) is 2.51. The molecule has 0 unspecified atom stereocenters. The summed E-state index contributed by atoms with van der Waals surface area (Å²) >= 11 is 0. The van der Waals surface area contributed by atoms with Crippen LogP contribution in [0.4, 0.5) is 0 Å². The van der Waals surface area contributed by atoms with Crippen molar-refractivity contribution in [3.63, 3.8) is 0 Å². The summed E-state index contributed by atoms with van der Waals surface area (Å²) in [6.07, 6.45) is 13.9. The SMILES string of the molecule is CCCCCCCCCCCCCOC(=O)COCC(=O)OCC(C)C. The molecule has 0 aliphatic rings. The monoisotopic (exact) mass is 372 g/mol. The summed E-state index contributed by atoms with van der Waals surface area (Å²) in [5, 5.41) is 0. The summed E-state index contributed by atoms with van der Waals surface area (Å²) in [4.78, 5) is 22.8. The largest absolute Gasteiger partial charge is 0.464 e. The van der Waals surface area contributed by atoms with Crippen molar-refractivity contribution in [3.05, 3.63) is 0 Å². The third-order valence-corrected chi connectivity index (χ3v) is 4.03. The lowest BCUT2D eigenvalue weighted by Gasteiger charge is -2.08. The molecule has 0 heterocycles. The zero-order valence-corrected chi connectivity index (χ0v) is 17.2. The first-order valence-electron chi connectivity index (χ1n) is 10.4. The summed E-state index contributed by atoms with van der Waals surface area (Å²) in [7, 11) is 0. The van der Waals surface area contributed by atoms with Crippen molar-refractivity contribution in [1.29, 1.82) is 0 Å². The molecule has 26 heavy (non-hydrogen) atoms. The van der Waals surface area contributed by atoms with Gasteiger partial charge in [-0.15, -0.1) is 0 Å². The summed E-state index contributed by atoms with van der Waals surface area (Å²) in [6, 6.07) is 0. The second-order valence-electron chi connectivity index (χ2n) is 7.33. The van der Waals surface area contributed by atoms with Crippen LogP contribution in [0.15, 0.2) is 0 Å². The Hall–Kier alpha value is -1.10. The van der Waals surface area contributed by atoms with Crippen molar-refractivity contribution in [1.82, 2.24) is 0 Å². The average Bonchev–Trinajstić information content (AvgIpc) is 2.61. The van der Waals surface area contributed by atoms with E-state index in [1.807, 2.05) is 13.8 Å². The summed E-state index contributed by atoms with van der Waals surface area (Å²) in [6.45, 7) is 6.55. The van der Waals surface area contributed by atoms with Crippen LogP contribution in [0.3, 0.4) is 0 Å². The lowest BCUT2D eigenvalue weighted by molar-refractivity contribution is -0.156. The van der Waals surface area contributed by atoms with E-state index in [0.717, 1.165) is 12.8 Å². The maximum atomic E-state index is 11.5. The molecule has 0 rings (SSSR count). The Morgan fingerprint density at radius 1 is 0.692 bits per heavy atom. The predicted octanol–water partition coefficient (Wildman–Crippen LogP) is 5.06. The molecule has 0 aliphatic heterocycles. The fraction of sp³-hybridized carbons (Fsp3) is 0.905. The molecule has 0 bridgehead atoms. The topological polar surface area (TPSA) is 61.8 Å². The molecule has 0 aromatic rings. The van der Waals surface area contributed by atoms with E-state index in [2.05, 4.69) is 6.92 Å². The van der Waals surface area contributed by atoms with Gasteiger partial charge in [0.1, 0.15) is 13.2 Å². The quantitative estimate of drug-likeness (QED) is 0.249. The number of hydrogen-bond donors (Lipinski definition) is 0. The smallest absolute Gasteiger partial charge is 0.332 e. The molecule has 0 aromatic heterocycles. The summed E-state index contributed by atoms with van der Waals surface area (Å²) in [5.74, 6) is -0.583. The standard InChI is InChI=1S/C21H40O5/c1-4-5-6-7-8-9-10-11-12-13-14-15-25-20(22)17-24-18-21(23)26-16-19(2)3/h19H,4-18H2,1-3H3. The van der Waals surface area contributed by atoms with Gasteiger partial charge in [-0.1, -0.05) is 85.0 Å². The molecular weight excluding hydrogens is 332 g/mol. The Bertz CT molecular complexity index is 341. The Labute approximate surface area is 160 Å². The molecule has 0 N–H and O–H groups in total. The van der Waals surface area contributed by atoms with E-state index >= 15 is 0 Å². The van der Waals surface area contributed by atoms with Gasteiger partial charge in [0, 0.05) is 0 Å². The lowest BCUT2D eigenvalue weighted by atomic mass is 10.1. The molecule has 0 amide bonds. The van der Waals surface area contributed by atoms with Crippen molar-refractivity contribution in [2.24, 2.45) is 5.92 Å². The van der Waals surface area contributed by atoms with E-state index in [4.69, 9.17) is 14.2 Å². The van der Waals surface area contributed by atoms with Crippen LogP contribution in [0.25, 0.3) is 0 Å². The molecule has 0 aromatic carbocycles. The maximum absolute atomic E-state index is 11.5. The van der Waals surface area contributed by atoms with Gasteiger partial charge in [-0.25, -0.2) is 9.59 Å². The highest BCUT2D eigenvalue weighted by atomic mass is 16.6. The van der Waals surface area contributed by atoms with Crippen molar-refractivity contribution in [2.45, 2.75) is 91.4 Å². The average molecular weight is 373 g/mol. The minimum atomic E-state index is -0.447. The Morgan fingerprint density at radius 2 is 1.15 bits per heavy atom. The molecule has 5 nitrogen and oxygen atoms in total. The number of carbonyl (C=O) groups excluding carboxylic acids is 2. The van der Waals surface area contributed by atoms with Crippen molar-refractivity contribution in [2.75, 3.05) is 26.4 Å². The van der Waals surface area contributed by atoms with E-state index in [9.17, 15) is 9.59 Å². The van der Waals surface area contributed by atoms with E-state index in [1.165, 1.54) is 57.8 Å². The molecule has 0 atom stereocenters. The van der Waals surface area contributed by atoms with Crippen molar-refractivity contribution >= 4 is 11.9 Å². The van der Waals surface area contributed by atoms with Gasteiger partial charge in [-0.2, -0.15) is 0 Å². The van der Waals surface area contributed by atoms with Crippen LogP contribution >= 0.6 is 0 Å². The van der Waals surface area contributed by atoms with E-state index in [0.29, 0.717) is 13.2 Å². The number of ether oxygens (including phenoxy) is 3. The zero-order valence-electron chi connectivity index (χ0n) is 17.2. The Morgan fingerprint density at radius 3 is 1.65 bits per heavy atom. The zero-order chi connectivity index (χ0) is 19.5. The third kappa shape index (κ3) is 19.2. The Balaban J connectivity index is 3.27. The highest BCUT2D eigenvalue weighted by molar-refractivity contribution is 5.73. The molecule has 0 saturated carbocycles. The number of unbranched alkanes of at least 4 members (excludes halogenated alkanes) is 10. The molecule has 5 heteroatoms. The second-order valence-corrected chi connectivity index (χ2v) is 7.33. The van der Waals surface area contributed by atoms with E-state index in [-0.39, 0.29) is 19.1 Å². The minimum absolute atomic E-state index is 0.200. The first-order chi connectivity index (χ1) is 12.6. The normalized spacial score (nSPS) is 10.9. The highest BCUT2D eigenvalue weighted by Gasteiger charge is 2.08. The molecular formula is C21H40O5. The molecule has 0 fully saturated rings. The van der Waals surface area contributed by atoms with Crippen LogP contribution in [-0.2, 0) is 23.8 Å². The van der Waals surface area contributed by atoms with E-state index in [1.54, 1.807) is 0 Å². The van der Waals surface area contributed by atoms with Crippen molar-refractivity contribution < 1.29 is 23.8 Å². The van der Waals surface area contributed by atoms with Gasteiger partial charge in [0.2, 0.25) is 0 Å². The first kappa shape index (κ1) is 24.9. The van der Waals surface area contributed by atoms with Crippen LogP contribution in [0.2, 0.25) is 0 Å². The van der Waals surface area contributed by atoms with Crippen LogP contribution < -0.4 is 0 Å². The third-order valence-electron chi connectivity index (χ3n) is 4.03. The van der Waals surface area contributed by atoms with Gasteiger partial charge in [0.15, 0.2) is 0 Å². The Kier molecular flexibility index (Phi) is 17.9. The van der Waals surface area contributed by atoms with Gasteiger partial charge in [0.25, 0.3) is 0 Å².